The zero-order valence-electron chi connectivity index (χ0n) is 18.1. The highest BCUT2D eigenvalue weighted by atomic mass is 35.5. The third-order valence-corrected chi connectivity index (χ3v) is 7.09. The van der Waals surface area contributed by atoms with Crippen LogP contribution in [0.1, 0.15) is 24.1 Å². The van der Waals surface area contributed by atoms with Crippen LogP contribution >= 0.6 is 11.6 Å². The van der Waals surface area contributed by atoms with E-state index in [-0.39, 0.29) is 15.6 Å². The van der Waals surface area contributed by atoms with Crippen LogP contribution in [0.25, 0.3) is 0 Å². The van der Waals surface area contributed by atoms with Crippen molar-refractivity contribution in [2.75, 3.05) is 18.0 Å². The lowest BCUT2D eigenvalue weighted by atomic mass is 10.1. The number of amides is 1. The van der Waals surface area contributed by atoms with Gasteiger partial charge in [0.15, 0.2) is 0 Å². The average Bonchev–Trinajstić information content (AvgIpc) is 2.78. The molecule has 0 aliphatic heterocycles. The van der Waals surface area contributed by atoms with Crippen LogP contribution in [0.5, 0.6) is 5.75 Å². The first-order chi connectivity index (χ1) is 15.2. The first-order valence-corrected chi connectivity index (χ1v) is 11.8. The van der Waals surface area contributed by atoms with Crippen LogP contribution in [0.2, 0.25) is 5.02 Å². The van der Waals surface area contributed by atoms with E-state index in [9.17, 15) is 13.2 Å². The third kappa shape index (κ3) is 5.23. The van der Waals surface area contributed by atoms with Gasteiger partial charge in [-0.3, -0.25) is 9.10 Å². The summed E-state index contributed by atoms with van der Waals surface area (Å²) in [6.45, 7) is 3.25. The molecule has 0 spiro atoms. The molecule has 168 valence electrons. The number of halogens is 1. The molecule has 1 atom stereocenters. The van der Waals surface area contributed by atoms with Crippen LogP contribution in [0.4, 0.5) is 5.69 Å². The summed E-state index contributed by atoms with van der Waals surface area (Å²) in [6, 6.07) is 19.9. The van der Waals surface area contributed by atoms with Crippen LogP contribution in [-0.2, 0) is 14.8 Å². The van der Waals surface area contributed by atoms with Gasteiger partial charge in [-0.2, -0.15) is 0 Å². The van der Waals surface area contributed by atoms with Crippen molar-refractivity contribution in [2.45, 2.75) is 24.8 Å². The van der Waals surface area contributed by atoms with Crippen molar-refractivity contribution in [1.29, 1.82) is 0 Å². The maximum Gasteiger partial charge on any atom is 0.264 e. The molecule has 0 aliphatic rings. The van der Waals surface area contributed by atoms with E-state index in [0.29, 0.717) is 5.75 Å². The molecule has 0 unspecified atom stereocenters. The first kappa shape index (κ1) is 23.6. The molecule has 0 fully saturated rings. The number of rotatable bonds is 8. The minimum Gasteiger partial charge on any atom is -0.496 e. The molecule has 8 heteroatoms. The molecule has 0 aliphatic carbocycles. The Labute approximate surface area is 193 Å². The minimum atomic E-state index is -4.04. The fourth-order valence-corrected chi connectivity index (χ4v) is 5.04. The molecule has 3 aromatic carbocycles. The van der Waals surface area contributed by atoms with E-state index >= 15 is 0 Å². The predicted octanol–water partition coefficient (Wildman–Crippen LogP) is 4.73. The Morgan fingerprint density at radius 1 is 1.03 bits per heavy atom. The van der Waals surface area contributed by atoms with Crippen molar-refractivity contribution >= 4 is 33.2 Å². The molecule has 3 aromatic rings. The highest BCUT2D eigenvalue weighted by molar-refractivity contribution is 7.92. The number of nitrogens with zero attached hydrogens (tertiary/aromatic N) is 1. The second kappa shape index (κ2) is 10.1. The summed E-state index contributed by atoms with van der Waals surface area (Å²) in [4.78, 5) is 13.0. The van der Waals surface area contributed by atoms with Gasteiger partial charge >= 0.3 is 0 Å². The van der Waals surface area contributed by atoms with Gasteiger partial charge in [-0.25, -0.2) is 8.42 Å². The summed E-state index contributed by atoms with van der Waals surface area (Å²) in [5.41, 5.74) is 1.94. The summed E-state index contributed by atoms with van der Waals surface area (Å²) >= 11 is 6.31. The minimum absolute atomic E-state index is 0.0774. The van der Waals surface area contributed by atoms with Crippen LogP contribution in [-0.4, -0.2) is 28.0 Å². The number of hydrogen-bond donors (Lipinski definition) is 1. The Bertz CT molecular complexity index is 1200. The number of hydrogen-bond acceptors (Lipinski definition) is 4. The fourth-order valence-electron chi connectivity index (χ4n) is 3.31. The van der Waals surface area contributed by atoms with Crippen LogP contribution in [0, 0.1) is 6.92 Å². The zero-order chi connectivity index (χ0) is 23.3. The van der Waals surface area contributed by atoms with Crippen molar-refractivity contribution in [2.24, 2.45) is 0 Å². The van der Waals surface area contributed by atoms with E-state index in [4.69, 9.17) is 16.3 Å². The van der Waals surface area contributed by atoms with E-state index in [2.05, 4.69) is 5.32 Å². The van der Waals surface area contributed by atoms with Crippen LogP contribution in [0.3, 0.4) is 0 Å². The second-order valence-electron chi connectivity index (χ2n) is 7.31. The van der Waals surface area contributed by atoms with Gasteiger partial charge < -0.3 is 10.1 Å². The van der Waals surface area contributed by atoms with Crippen molar-refractivity contribution in [3.63, 3.8) is 0 Å². The van der Waals surface area contributed by atoms with E-state index in [1.165, 1.54) is 12.1 Å². The predicted molar refractivity (Wildman–Crippen MR) is 127 cm³/mol. The number of methoxy groups -OCH3 is 1. The first-order valence-electron chi connectivity index (χ1n) is 10.00. The summed E-state index contributed by atoms with van der Waals surface area (Å²) in [5.74, 6) is 0.162. The molecule has 6 nitrogen and oxygen atoms in total. The highest BCUT2D eigenvalue weighted by Crippen LogP contribution is 2.30. The van der Waals surface area contributed by atoms with Gasteiger partial charge in [0.2, 0.25) is 5.91 Å². The Morgan fingerprint density at radius 3 is 2.31 bits per heavy atom. The lowest BCUT2D eigenvalue weighted by molar-refractivity contribution is -0.120. The molecule has 0 saturated heterocycles. The Hall–Kier alpha value is -3.03. The molecule has 0 aromatic heterocycles. The standard InChI is InChI=1S/C24H25ClN2O4S/c1-17-12-14-19(15-13-17)32(29,30)27(22-10-6-5-9-21(22)25)16-24(28)26-18(2)20-8-4-7-11-23(20)31-3/h4-15,18H,16H2,1-3H3,(H,26,28)/t18-/m1/s1. The lowest BCUT2D eigenvalue weighted by Gasteiger charge is -2.26. The van der Waals surface area contributed by atoms with Gasteiger partial charge in [-0.15, -0.1) is 0 Å². The number of carbonyl (C=O) groups is 1. The average molecular weight is 473 g/mol. The smallest absolute Gasteiger partial charge is 0.264 e. The largest absolute Gasteiger partial charge is 0.496 e. The quantitative estimate of drug-likeness (QED) is 0.514. The summed E-state index contributed by atoms with van der Waals surface area (Å²) in [5, 5.41) is 3.09. The van der Waals surface area contributed by atoms with E-state index in [1.807, 2.05) is 32.0 Å². The van der Waals surface area contributed by atoms with Crippen molar-refractivity contribution in [3.8, 4) is 5.75 Å². The van der Waals surface area contributed by atoms with E-state index < -0.39 is 28.5 Å². The van der Waals surface area contributed by atoms with Crippen molar-refractivity contribution in [1.82, 2.24) is 5.32 Å². The van der Waals surface area contributed by atoms with Crippen LogP contribution < -0.4 is 14.4 Å². The van der Waals surface area contributed by atoms with Gasteiger partial charge in [0.05, 0.1) is 28.8 Å². The van der Waals surface area contributed by atoms with Gasteiger partial charge in [-0.05, 0) is 44.2 Å². The zero-order valence-corrected chi connectivity index (χ0v) is 19.7. The fraction of sp³-hybridized carbons (Fsp3) is 0.208. The number of nitrogens with one attached hydrogen (secondary N) is 1. The molecule has 0 saturated carbocycles. The molecule has 3 rings (SSSR count). The molecule has 0 heterocycles. The monoisotopic (exact) mass is 472 g/mol. The van der Waals surface area contributed by atoms with Gasteiger partial charge in [0.25, 0.3) is 10.0 Å². The summed E-state index contributed by atoms with van der Waals surface area (Å²) < 4.78 is 33.3. The number of sulfonamides is 1. The van der Waals surface area contributed by atoms with Crippen molar-refractivity contribution < 1.29 is 17.9 Å². The highest BCUT2D eigenvalue weighted by Gasteiger charge is 2.29. The lowest BCUT2D eigenvalue weighted by Crippen LogP contribution is -2.41. The van der Waals surface area contributed by atoms with E-state index in [1.54, 1.807) is 49.6 Å². The topological polar surface area (TPSA) is 75.7 Å². The molecule has 32 heavy (non-hydrogen) atoms. The number of aryl methyl sites for hydroxylation is 1. The number of anilines is 1. The van der Waals surface area contributed by atoms with Gasteiger partial charge in [0.1, 0.15) is 12.3 Å². The Morgan fingerprint density at radius 2 is 1.66 bits per heavy atom. The Balaban J connectivity index is 1.92. The maximum atomic E-state index is 13.5. The molecular formula is C24H25ClN2O4S. The van der Waals surface area contributed by atoms with Crippen LogP contribution in [0.15, 0.2) is 77.7 Å². The molecule has 0 radical (unpaired) electrons. The second-order valence-corrected chi connectivity index (χ2v) is 9.58. The number of para-hydroxylation sites is 2. The molecule has 1 N–H and O–H groups in total. The van der Waals surface area contributed by atoms with Crippen molar-refractivity contribution in [3.05, 3.63) is 88.9 Å². The maximum absolute atomic E-state index is 13.5. The van der Waals surface area contributed by atoms with E-state index in [0.717, 1.165) is 15.4 Å². The molecule has 1 amide bonds. The summed E-state index contributed by atoms with van der Waals surface area (Å²) in [6.07, 6.45) is 0. The van der Waals surface area contributed by atoms with Gasteiger partial charge in [-0.1, -0.05) is 59.6 Å². The number of ether oxygens (including phenoxy) is 1. The molecular weight excluding hydrogens is 448 g/mol. The number of benzene rings is 3. The Kier molecular flexibility index (Phi) is 7.43. The third-order valence-electron chi connectivity index (χ3n) is 5.00. The molecule has 0 bridgehead atoms. The number of carbonyl (C=O) groups excluding carboxylic acids is 1. The SMILES string of the molecule is COc1ccccc1[C@@H](C)NC(=O)CN(c1ccccc1Cl)S(=O)(=O)c1ccc(C)cc1. The normalized spacial score (nSPS) is 12.1. The summed E-state index contributed by atoms with van der Waals surface area (Å²) in [7, 11) is -2.48. The van der Waals surface area contributed by atoms with Gasteiger partial charge in [0, 0.05) is 5.56 Å².